The van der Waals surface area contributed by atoms with Crippen molar-refractivity contribution in [1.29, 1.82) is 0 Å². The van der Waals surface area contributed by atoms with Crippen LogP contribution in [0.4, 0.5) is 0 Å². The Kier molecular flexibility index (Phi) is 10.6. The van der Waals surface area contributed by atoms with E-state index in [0.29, 0.717) is 13.2 Å². The fourth-order valence-corrected chi connectivity index (χ4v) is 1.70. The fourth-order valence-electron chi connectivity index (χ4n) is 1.70. The van der Waals surface area contributed by atoms with Gasteiger partial charge in [0.25, 0.3) is 0 Å². The summed E-state index contributed by atoms with van der Waals surface area (Å²) < 4.78 is 16.1. The SMILES string of the molecule is CCOC(CCNCC(C)(C)CCOC)OCC. The molecule has 0 saturated heterocycles. The van der Waals surface area contributed by atoms with E-state index in [1.807, 2.05) is 13.8 Å². The van der Waals surface area contributed by atoms with Crippen LogP contribution in [-0.4, -0.2) is 46.3 Å². The van der Waals surface area contributed by atoms with Crippen molar-refractivity contribution >= 4 is 0 Å². The zero-order valence-electron chi connectivity index (χ0n) is 12.8. The Balaban J connectivity index is 3.68. The number of hydrogen-bond acceptors (Lipinski definition) is 4. The third-order valence-corrected chi connectivity index (χ3v) is 2.85. The van der Waals surface area contributed by atoms with E-state index in [1.165, 1.54) is 0 Å². The highest BCUT2D eigenvalue weighted by Gasteiger charge is 2.17. The van der Waals surface area contributed by atoms with Gasteiger partial charge in [0.1, 0.15) is 0 Å². The Bertz CT molecular complexity index is 180. The molecule has 0 heterocycles. The number of nitrogens with one attached hydrogen (secondary N) is 1. The normalized spacial score (nSPS) is 12.3. The smallest absolute Gasteiger partial charge is 0.158 e. The molecule has 1 N–H and O–H groups in total. The van der Waals surface area contributed by atoms with Crippen LogP contribution in [0.1, 0.15) is 40.5 Å². The number of hydrogen-bond donors (Lipinski definition) is 1. The maximum absolute atomic E-state index is 5.50. The van der Waals surface area contributed by atoms with Gasteiger partial charge >= 0.3 is 0 Å². The molecule has 0 aliphatic heterocycles. The van der Waals surface area contributed by atoms with Crippen LogP contribution < -0.4 is 5.32 Å². The van der Waals surface area contributed by atoms with Gasteiger partial charge < -0.3 is 19.5 Å². The van der Waals surface area contributed by atoms with Gasteiger partial charge in [-0.25, -0.2) is 0 Å². The average molecular weight is 261 g/mol. The van der Waals surface area contributed by atoms with E-state index in [2.05, 4.69) is 19.2 Å². The molecule has 0 aromatic rings. The second-order valence-electron chi connectivity index (χ2n) is 5.21. The molecular formula is C14H31NO3. The lowest BCUT2D eigenvalue weighted by Crippen LogP contribution is -2.33. The molecule has 110 valence electrons. The Morgan fingerprint density at radius 3 is 2.22 bits per heavy atom. The van der Waals surface area contributed by atoms with Gasteiger partial charge in [0, 0.05) is 39.9 Å². The van der Waals surface area contributed by atoms with Gasteiger partial charge in [-0.2, -0.15) is 0 Å². The summed E-state index contributed by atoms with van der Waals surface area (Å²) in [6.07, 6.45) is 1.88. The molecule has 0 aromatic carbocycles. The summed E-state index contributed by atoms with van der Waals surface area (Å²) in [5.74, 6) is 0. The first-order valence-electron chi connectivity index (χ1n) is 6.98. The third kappa shape index (κ3) is 9.83. The summed E-state index contributed by atoms with van der Waals surface area (Å²) in [4.78, 5) is 0. The van der Waals surface area contributed by atoms with E-state index in [0.717, 1.165) is 32.5 Å². The van der Waals surface area contributed by atoms with E-state index in [9.17, 15) is 0 Å². The zero-order chi connectivity index (χ0) is 13.9. The maximum Gasteiger partial charge on any atom is 0.158 e. The lowest BCUT2D eigenvalue weighted by atomic mass is 9.90. The van der Waals surface area contributed by atoms with Gasteiger partial charge in [-0.3, -0.25) is 0 Å². The summed E-state index contributed by atoms with van der Waals surface area (Å²) in [7, 11) is 1.75. The summed E-state index contributed by atoms with van der Waals surface area (Å²) >= 11 is 0. The summed E-state index contributed by atoms with van der Waals surface area (Å²) in [5.41, 5.74) is 0.267. The lowest BCUT2D eigenvalue weighted by molar-refractivity contribution is -0.138. The molecule has 18 heavy (non-hydrogen) atoms. The van der Waals surface area contributed by atoms with Crippen LogP contribution in [0.25, 0.3) is 0 Å². The highest BCUT2D eigenvalue weighted by atomic mass is 16.7. The Morgan fingerprint density at radius 2 is 1.72 bits per heavy atom. The van der Waals surface area contributed by atoms with Gasteiger partial charge in [0.05, 0.1) is 0 Å². The second-order valence-corrected chi connectivity index (χ2v) is 5.21. The van der Waals surface area contributed by atoms with Crippen molar-refractivity contribution in [3.05, 3.63) is 0 Å². The minimum absolute atomic E-state index is 0.0745. The average Bonchev–Trinajstić information content (AvgIpc) is 2.33. The topological polar surface area (TPSA) is 39.7 Å². The van der Waals surface area contributed by atoms with Gasteiger partial charge in [0.2, 0.25) is 0 Å². The first kappa shape index (κ1) is 17.8. The quantitative estimate of drug-likeness (QED) is 0.433. The lowest BCUT2D eigenvalue weighted by Gasteiger charge is -2.25. The molecule has 0 spiro atoms. The van der Waals surface area contributed by atoms with Crippen LogP contribution in [0, 0.1) is 5.41 Å². The summed E-state index contributed by atoms with van der Waals surface area (Å²) in [6.45, 7) is 12.6. The van der Waals surface area contributed by atoms with Gasteiger partial charge in [-0.15, -0.1) is 0 Å². The van der Waals surface area contributed by atoms with Crippen LogP contribution >= 0.6 is 0 Å². The standard InChI is InChI=1S/C14H31NO3/c1-6-17-13(18-7-2)8-10-15-12-14(3,4)9-11-16-5/h13,15H,6-12H2,1-5H3. The van der Waals surface area contributed by atoms with Crippen molar-refractivity contribution in [2.75, 3.05) is 40.0 Å². The number of rotatable bonds is 12. The molecule has 4 nitrogen and oxygen atoms in total. The van der Waals surface area contributed by atoms with E-state index in [-0.39, 0.29) is 11.7 Å². The molecule has 0 aromatic heterocycles. The number of methoxy groups -OCH3 is 1. The van der Waals surface area contributed by atoms with Crippen molar-refractivity contribution in [1.82, 2.24) is 5.32 Å². The van der Waals surface area contributed by atoms with Crippen LogP contribution in [0.3, 0.4) is 0 Å². The van der Waals surface area contributed by atoms with Crippen LogP contribution in [0.2, 0.25) is 0 Å². The molecule has 0 saturated carbocycles. The summed E-state index contributed by atoms with van der Waals surface area (Å²) in [6, 6.07) is 0. The van der Waals surface area contributed by atoms with Crippen molar-refractivity contribution in [2.45, 2.75) is 46.8 Å². The zero-order valence-corrected chi connectivity index (χ0v) is 12.8. The predicted octanol–water partition coefficient (Wildman–Crippen LogP) is 2.43. The van der Waals surface area contributed by atoms with Gasteiger partial charge in [-0.05, 0) is 32.2 Å². The Hall–Kier alpha value is -0.160. The second kappa shape index (κ2) is 10.7. The Morgan fingerprint density at radius 1 is 1.11 bits per heavy atom. The summed E-state index contributed by atoms with van der Waals surface area (Å²) in [5, 5.41) is 3.47. The highest BCUT2D eigenvalue weighted by Crippen LogP contribution is 2.18. The third-order valence-electron chi connectivity index (χ3n) is 2.85. The monoisotopic (exact) mass is 261 g/mol. The number of ether oxygens (including phenoxy) is 3. The molecular weight excluding hydrogens is 230 g/mol. The minimum atomic E-state index is -0.0745. The van der Waals surface area contributed by atoms with Crippen LogP contribution in [0.5, 0.6) is 0 Å². The molecule has 0 aliphatic carbocycles. The molecule has 0 unspecified atom stereocenters. The minimum Gasteiger partial charge on any atom is -0.385 e. The largest absolute Gasteiger partial charge is 0.385 e. The fraction of sp³-hybridized carbons (Fsp3) is 1.00. The first-order valence-corrected chi connectivity index (χ1v) is 6.98. The van der Waals surface area contributed by atoms with E-state index < -0.39 is 0 Å². The van der Waals surface area contributed by atoms with Crippen molar-refractivity contribution in [3.63, 3.8) is 0 Å². The molecule has 0 amide bonds. The molecule has 0 bridgehead atoms. The van der Waals surface area contributed by atoms with Crippen LogP contribution in [-0.2, 0) is 14.2 Å². The molecule has 0 atom stereocenters. The highest BCUT2D eigenvalue weighted by molar-refractivity contribution is 4.71. The molecule has 0 rings (SSSR count). The molecule has 4 heteroatoms. The maximum atomic E-state index is 5.50. The predicted molar refractivity (Wildman–Crippen MR) is 74.8 cm³/mol. The molecule has 0 aliphatic rings. The molecule has 0 radical (unpaired) electrons. The Labute approximate surface area is 112 Å². The van der Waals surface area contributed by atoms with E-state index in [1.54, 1.807) is 7.11 Å². The molecule has 0 fully saturated rings. The van der Waals surface area contributed by atoms with Crippen LogP contribution in [0.15, 0.2) is 0 Å². The van der Waals surface area contributed by atoms with E-state index in [4.69, 9.17) is 14.2 Å². The van der Waals surface area contributed by atoms with Gasteiger partial charge in [0.15, 0.2) is 6.29 Å². The van der Waals surface area contributed by atoms with Crippen molar-refractivity contribution in [3.8, 4) is 0 Å². The van der Waals surface area contributed by atoms with Gasteiger partial charge in [-0.1, -0.05) is 13.8 Å². The van der Waals surface area contributed by atoms with Crippen molar-refractivity contribution in [2.24, 2.45) is 5.41 Å². The van der Waals surface area contributed by atoms with E-state index >= 15 is 0 Å². The van der Waals surface area contributed by atoms with Crippen molar-refractivity contribution < 1.29 is 14.2 Å². The first-order chi connectivity index (χ1) is 8.55.